The highest BCUT2D eigenvalue weighted by molar-refractivity contribution is 5.89. The van der Waals surface area contributed by atoms with Gasteiger partial charge in [-0.1, -0.05) is 30.3 Å². The van der Waals surface area contributed by atoms with E-state index in [-0.39, 0.29) is 48.7 Å². The smallest absolute Gasteiger partial charge is 0.228 e. The summed E-state index contributed by atoms with van der Waals surface area (Å²) in [7, 11) is 0. The Balaban J connectivity index is 1.52. The van der Waals surface area contributed by atoms with Crippen LogP contribution >= 0.6 is 0 Å². The average Bonchev–Trinajstić information content (AvgIpc) is 2.92. The monoisotopic (exact) mass is 399 g/mol. The largest absolute Gasteiger partial charge is 0.341 e. The molecular formula is C22H29N3O4. The van der Waals surface area contributed by atoms with Crippen molar-refractivity contribution in [2.45, 2.75) is 39.2 Å². The van der Waals surface area contributed by atoms with Crippen LogP contribution in [0.1, 0.15) is 38.2 Å². The molecular weight excluding hydrogens is 370 g/mol. The maximum Gasteiger partial charge on any atom is 0.228 e. The summed E-state index contributed by atoms with van der Waals surface area (Å²) in [6.45, 7) is 4.63. The summed E-state index contributed by atoms with van der Waals surface area (Å²) >= 11 is 0. The van der Waals surface area contributed by atoms with E-state index in [1.165, 1.54) is 6.92 Å². The molecule has 1 aromatic carbocycles. The highest BCUT2D eigenvalue weighted by Gasteiger charge is 2.37. The lowest BCUT2D eigenvalue weighted by molar-refractivity contribution is -0.136. The lowest BCUT2D eigenvalue weighted by Crippen LogP contribution is -2.40. The lowest BCUT2D eigenvalue weighted by Gasteiger charge is -2.24. The number of ketones is 1. The molecule has 29 heavy (non-hydrogen) atoms. The maximum absolute atomic E-state index is 13.0. The predicted octanol–water partition coefficient (Wildman–Crippen LogP) is 1.47. The molecule has 0 spiro atoms. The van der Waals surface area contributed by atoms with Crippen LogP contribution in [0, 0.1) is 5.92 Å². The number of rotatable bonds is 6. The van der Waals surface area contributed by atoms with Crippen molar-refractivity contribution >= 4 is 23.5 Å². The number of benzene rings is 1. The molecule has 3 rings (SSSR count). The Bertz CT molecular complexity index is 765. The third-order valence-corrected chi connectivity index (χ3v) is 5.63. The molecule has 156 valence electrons. The fraction of sp³-hybridized carbons (Fsp3) is 0.545. The first-order valence-electron chi connectivity index (χ1n) is 10.3. The van der Waals surface area contributed by atoms with Gasteiger partial charge in [0.1, 0.15) is 5.78 Å². The minimum atomic E-state index is -0.314. The van der Waals surface area contributed by atoms with E-state index in [0.717, 1.165) is 5.56 Å². The zero-order valence-electron chi connectivity index (χ0n) is 17.0. The van der Waals surface area contributed by atoms with Gasteiger partial charge in [-0.2, -0.15) is 0 Å². The van der Waals surface area contributed by atoms with Gasteiger partial charge in [-0.25, -0.2) is 0 Å². The molecule has 0 N–H and O–H groups in total. The molecule has 0 bridgehead atoms. The SMILES string of the molecule is CC(=O)CCC(=O)N1CCCN(C(=O)C2CC(=O)N(Cc3ccccc3)C2)CC1. The van der Waals surface area contributed by atoms with Crippen molar-refractivity contribution in [3.05, 3.63) is 35.9 Å². The van der Waals surface area contributed by atoms with Gasteiger partial charge in [0, 0.05) is 58.5 Å². The van der Waals surface area contributed by atoms with Crippen molar-refractivity contribution in [2.24, 2.45) is 5.92 Å². The van der Waals surface area contributed by atoms with Crippen LogP contribution in [0.25, 0.3) is 0 Å². The Morgan fingerprint density at radius 1 is 0.966 bits per heavy atom. The Labute approximate surface area is 171 Å². The molecule has 1 aromatic rings. The number of hydrogen-bond donors (Lipinski definition) is 0. The number of nitrogens with zero attached hydrogens (tertiary/aromatic N) is 3. The van der Waals surface area contributed by atoms with Crippen LogP contribution in [0.2, 0.25) is 0 Å². The van der Waals surface area contributed by atoms with Gasteiger partial charge in [-0.05, 0) is 18.9 Å². The predicted molar refractivity (Wildman–Crippen MR) is 108 cm³/mol. The summed E-state index contributed by atoms with van der Waals surface area (Å²) in [4.78, 5) is 54.0. The van der Waals surface area contributed by atoms with Crippen molar-refractivity contribution in [3.63, 3.8) is 0 Å². The van der Waals surface area contributed by atoms with Gasteiger partial charge in [0.15, 0.2) is 0 Å². The van der Waals surface area contributed by atoms with Gasteiger partial charge in [0.05, 0.1) is 5.92 Å². The Morgan fingerprint density at radius 3 is 2.38 bits per heavy atom. The zero-order valence-corrected chi connectivity index (χ0v) is 17.0. The second-order valence-electron chi connectivity index (χ2n) is 7.92. The number of Topliss-reactive ketones (excluding diaryl/α,β-unsaturated/α-hetero) is 1. The minimum absolute atomic E-state index is 0.00643. The standard InChI is InChI=1S/C22H29N3O4/c1-17(26)8-9-20(27)23-10-5-11-24(13-12-23)22(29)19-14-21(28)25(16-19)15-18-6-3-2-4-7-18/h2-4,6-7,19H,5,8-16H2,1H3. The number of amides is 3. The second-order valence-corrected chi connectivity index (χ2v) is 7.92. The normalized spacial score (nSPS) is 20.0. The van der Waals surface area contributed by atoms with E-state index >= 15 is 0 Å². The Hall–Kier alpha value is -2.70. The molecule has 7 heteroatoms. The topological polar surface area (TPSA) is 78.0 Å². The summed E-state index contributed by atoms with van der Waals surface area (Å²) in [6, 6.07) is 9.79. The zero-order chi connectivity index (χ0) is 20.8. The quantitative estimate of drug-likeness (QED) is 0.726. The molecule has 2 saturated heterocycles. The van der Waals surface area contributed by atoms with Crippen LogP contribution in [0.15, 0.2) is 30.3 Å². The van der Waals surface area contributed by atoms with E-state index < -0.39 is 0 Å². The third-order valence-electron chi connectivity index (χ3n) is 5.63. The third kappa shape index (κ3) is 5.65. The van der Waals surface area contributed by atoms with Crippen molar-refractivity contribution in [1.82, 2.24) is 14.7 Å². The molecule has 2 aliphatic rings. The number of hydrogen-bond acceptors (Lipinski definition) is 4. The summed E-state index contributed by atoms with van der Waals surface area (Å²) in [6.07, 6.45) is 1.46. The van der Waals surface area contributed by atoms with Crippen molar-refractivity contribution in [2.75, 3.05) is 32.7 Å². The van der Waals surface area contributed by atoms with Crippen molar-refractivity contribution in [3.8, 4) is 0 Å². The van der Waals surface area contributed by atoms with Gasteiger partial charge in [-0.15, -0.1) is 0 Å². The average molecular weight is 399 g/mol. The molecule has 0 radical (unpaired) electrons. The highest BCUT2D eigenvalue weighted by Crippen LogP contribution is 2.23. The van der Waals surface area contributed by atoms with Crippen LogP contribution in [-0.2, 0) is 25.7 Å². The van der Waals surface area contributed by atoms with Crippen molar-refractivity contribution < 1.29 is 19.2 Å². The van der Waals surface area contributed by atoms with Gasteiger partial charge < -0.3 is 19.5 Å². The van der Waals surface area contributed by atoms with E-state index in [1.54, 1.807) is 14.7 Å². The molecule has 1 unspecified atom stereocenters. The molecule has 0 aromatic heterocycles. The molecule has 2 fully saturated rings. The van der Waals surface area contributed by atoms with Gasteiger partial charge in [0.2, 0.25) is 17.7 Å². The van der Waals surface area contributed by atoms with Gasteiger partial charge >= 0.3 is 0 Å². The summed E-state index contributed by atoms with van der Waals surface area (Å²) < 4.78 is 0. The van der Waals surface area contributed by atoms with Crippen molar-refractivity contribution in [1.29, 1.82) is 0 Å². The van der Waals surface area contributed by atoms with Crippen LogP contribution in [0.3, 0.4) is 0 Å². The Kier molecular flexibility index (Phi) is 7.01. The summed E-state index contributed by atoms with van der Waals surface area (Å²) in [5, 5.41) is 0. The highest BCUT2D eigenvalue weighted by atomic mass is 16.2. The lowest BCUT2D eigenvalue weighted by atomic mass is 10.1. The molecule has 3 amide bonds. The first-order chi connectivity index (χ1) is 13.9. The van der Waals surface area contributed by atoms with Crippen LogP contribution < -0.4 is 0 Å². The molecule has 0 saturated carbocycles. The van der Waals surface area contributed by atoms with E-state index in [2.05, 4.69) is 0 Å². The molecule has 7 nitrogen and oxygen atoms in total. The van der Waals surface area contributed by atoms with Crippen LogP contribution in [0.4, 0.5) is 0 Å². The summed E-state index contributed by atoms with van der Waals surface area (Å²) in [5.74, 6) is -0.309. The van der Waals surface area contributed by atoms with Gasteiger partial charge in [0.25, 0.3) is 0 Å². The van der Waals surface area contributed by atoms with Gasteiger partial charge in [-0.3, -0.25) is 14.4 Å². The molecule has 2 heterocycles. The van der Waals surface area contributed by atoms with Crippen LogP contribution in [0.5, 0.6) is 0 Å². The second kappa shape index (κ2) is 9.67. The number of likely N-dealkylation sites (tertiary alicyclic amines) is 1. The first-order valence-corrected chi connectivity index (χ1v) is 10.3. The maximum atomic E-state index is 13.0. The van der Waals surface area contributed by atoms with E-state index in [9.17, 15) is 19.2 Å². The molecule has 0 aliphatic carbocycles. The molecule has 2 aliphatic heterocycles. The van der Waals surface area contributed by atoms with E-state index in [4.69, 9.17) is 0 Å². The van der Waals surface area contributed by atoms with E-state index in [0.29, 0.717) is 45.7 Å². The molecule has 1 atom stereocenters. The number of carbonyl (C=O) groups excluding carboxylic acids is 4. The number of carbonyl (C=O) groups is 4. The fourth-order valence-corrected chi connectivity index (χ4v) is 3.98. The summed E-state index contributed by atoms with van der Waals surface area (Å²) in [5.41, 5.74) is 1.06. The van der Waals surface area contributed by atoms with E-state index in [1.807, 2.05) is 30.3 Å². The minimum Gasteiger partial charge on any atom is -0.341 e. The fourth-order valence-electron chi connectivity index (χ4n) is 3.98. The van der Waals surface area contributed by atoms with Crippen LogP contribution in [-0.4, -0.2) is 70.9 Å². The Morgan fingerprint density at radius 2 is 1.66 bits per heavy atom. The first kappa shape index (κ1) is 21.0.